The highest BCUT2D eigenvalue weighted by atomic mass is 19.4. The first-order valence-corrected chi connectivity index (χ1v) is 7.09. The van der Waals surface area contributed by atoms with Crippen LogP contribution in [0.5, 0.6) is 5.75 Å². The van der Waals surface area contributed by atoms with Crippen molar-refractivity contribution in [2.75, 3.05) is 12.4 Å². The van der Waals surface area contributed by atoms with Gasteiger partial charge in [0.2, 0.25) is 0 Å². The third-order valence-electron chi connectivity index (χ3n) is 3.49. The van der Waals surface area contributed by atoms with E-state index in [0.29, 0.717) is 10.3 Å². The van der Waals surface area contributed by atoms with Gasteiger partial charge in [-0.05, 0) is 25.1 Å². The Balaban J connectivity index is 1.92. The van der Waals surface area contributed by atoms with Crippen LogP contribution in [-0.2, 0) is 6.18 Å². The van der Waals surface area contributed by atoms with E-state index in [9.17, 15) is 13.2 Å². The van der Waals surface area contributed by atoms with E-state index in [0.717, 1.165) is 5.56 Å². The molecule has 0 aliphatic rings. The molecule has 6 nitrogen and oxygen atoms in total. The fourth-order valence-electron chi connectivity index (χ4n) is 2.37. The molecule has 1 N–H and O–H groups in total. The second-order valence-corrected chi connectivity index (χ2v) is 5.12. The number of nitrogens with zero attached hydrogens (tertiary/aromatic N) is 4. The second kappa shape index (κ2) is 5.99. The lowest BCUT2D eigenvalue weighted by Crippen LogP contribution is -2.14. The van der Waals surface area contributed by atoms with Crippen molar-refractivity contribution >= 4 is 11.5 Å². The molecule has 0 radical (unpaired) electrons. The van der Waals surface area contributed by atoms with Crippen LogP contribution in [0.15, 0.2) is 36.4 Å². The molecular formula is C15H14F3N5O. The fourth-order valence-corrected chi connectivity index (χ4v) is 2.37. The number of ether oxygens (including phenoxy) is 1. The molecule has 0 aliphatic heterocycles. The summed E-state index contributed by atoms with van der Waals surface area (Å²) in [6.45, 7) is 1.86. The Morgan fingerprint density at radius 2 is 1.88 bits per heavy atom. The van der Waals surface area contributed by atoms with Crippen LogP contribution < -0.4 is 10.1 Å². The molecule has 2 heterocycles. The zero-order chi connectivity index (χ0) is 17.3. The highest BCUT2D eigenvalue weighted by Crippen LogP contribution is 2.29. The standard InChI is InChI=1S/C15H14F3N5O/c1-9(10-5-3-4-6-11(10)24-2)19-12-7-8-13-20-21-14(15(16,17)18)23(13)22-12/h3-9H,1-2H3,(H,19,22)/t9-/m0/s1. The van der Waals surface area contributed by atoms with Gasteiger partial charge in [-0.3, -0.25) is 0 Å². The van der Waals surface area contributed by atoms with Gasteiger partial charge in [-0.2, -0.15) is 17.7 Å². The number of benzene rings is 1. The molecule has 0 aliphatic carbocycles. The van der Waals surface area contributed by atoms with Gasteiger partial charge < -0.3 is 10.1 Å². The molecule has 3 aromatic rings. The van der Waals surface area contributed by atoms with Gasteiger partial charge in [0.1, 0.15) is 11.6 Å². The van der Waals surface area contributed by atoms with Crippen LogP contribution in [0, 0.1) is 0 Å². The number of hydrogen-bond acceptors (Lipinski definition) is 5. The summed E-state index contributed by atoms with van der Waals surface area (Å²) in [4.78, 5) is 0. The summed E-state index contributed by atoms with van der Waals surface area (Å²) in [5, 5.41) is 13.6. The number of nitrogens with one attached hydrogen (secondary N) is 1. The molecule has 9 heteroatoms. The highest BCUT2D eigenvalue weighted by molar-refractivity contribution is 5.47. The zero-order valence-electron chi connectivity index (χ0n) is 12.9. The summed E-state index contributed by atoms with van der Waals surface area (Å²) in [7, 11) is 1.56. The Bertz CT molecular complexity index is 862. The predicted molar refractivity (Wildman–Crippen MR) is 80.8 cm³/mol. The number of aromatic nitrogens is 4. The maximum Gasteiger partial charge on any atom is 0.453 e. The fraction of sp³-hybridized carbons (Fsp3) is 0.267. The summed E-state index contributed by atoms with van der Waals surface area (Å²) < 4.78 is 44.7. The number of rotatable bonds is 4. The minimum atomic E-state index is -4.63. The lowest BCUT2D eigenvalue weighted by atomic mass is 10.1. The van der Waals surface area contributed by atoms with Crippen LogP contribution >= 0.6 is 0 Å². The SMILES string of the molecule is COc1ccccc1[C@H](C)Nc1ccc2nnc(C(F)(F)F)n2n1. The zero-order valence-corrected chi connectivity index (χ0v) is 12.9. The van der Waals surface area contributed by atoms with E-state index in [1.54, 1.807) is 13.2 Å². The number of fused-ring (bicyclic) bond motifs is 1. The molecule has 3 rings (SSSR count). The van der Waals surface area contributed by atoms with Gasteiger partial charge in [-0.1, -0.05) is 18.2 Å². The van der Waals surface area contributed by atoms with Crippen molar-refractivity contribution in [2.45, 2.75) is 19.1 Å². The van der Waals surface area contributed by atoms with E-state index >= 15 is 0 Å². The number of halogens is 3. The largest absolute Gasteiger partial charge is 0.496 e. The molecule has 24 heavy (non-hydrogen) atoms. The third kappa shape index (κ3) is 2.97. The van der Waals surface area contributed by atoms with Crippen LogP contribution in [0.25, 0.3) is 5.65 Å². The Morgan fingerprint density at radius 1 is 1.12 bits per heavy atom. The second-order valence-electron chi connectivity index (χ2n) is 5.12. The van der Waals surface area contributed by atoms with Crippen molar-refractivity contribution in [3.63, 3.8) is 0 Å². The van der Waals surface area contributed by atoms with Gasteiger partial charge in [-0.25, -0.2) is 0 Å². The first kappa shape index (κ1) is 16.0. The van der Waals surface area contributed by atoms with Crippen molar-refractivity contribution in [1.29, 1.82) is 0 Å². The van der Waals surface area contributed by atoms with Crippen LogP contribution in [0.1, 0.15) is 24.4 Å². The van der Waals surface area contributed by atoms with Crippen LogP contribution in [0.4, 0.5) is 19.0 Å². The van der Waals surface area contributed by atoms with E-state index in [2.05, 4.69) is 20.6 Å². The molecule has 1 aromatic carbocycles. The van der Waals surface area contributed by atoms with Gasteiger partial charge >= 0.3 is 6.18 Å². The Kier molecular flexibility index (Phi) is 4.00. The predicted octanol–water partition coefficient (Wildman–Crippen LogP) is 3.32. The van der Waals surface area contributed by atoms with Crippen molar-refractivity contribution in [1.82, 2.24) is 19.8 Å². The smallest absolute Gasteiger partial charge is 0.453 e. The lowest BCUT2D eigenvalue weighted by molar-refractivity contribution is -0.146. The summed E-state index contributed by atoms with van der Waals surface area (Å²) >= 11 is 0. The van der Waals surface area contributed by atoms with Crippen molar-refractivity contribution in [3.8, 4) is 5.75 Å². The maximum absolute atomic E-state index is 12.9. The molecule has 0 saturated heterocycles. The molecule has 2 aromatic heterocycles. The molecule has 0 amide bonds. The van der Waals surface area contributed by atoms with E-state index in [1.807, 2.05) is 31.2 Å². The molecule has 0 spiro atoms. The molecule has 1 atom stereocenters. The van der Waals surface area contributed by atoms with Crippen LogP contribution in [0.3, 0.4) is 0 Å². The van der Waals surface area contributed by atoms with Gasteiger partial charge in [0.05, 0.1) is 13.2 Å². The minimum absolute atomic E-state index is 0.0258. The highest BCUT2D eigenvalue weighted by Gasteiger charge is 2.37. The summed E-state index contributed by atoms with van der Waals surface area (Å²) in [5.74, 6) is -0.212. The third-order valence-corrected chi connectivity index (χ3v) is 3.49. The van der Waals surface area contributed by atoms with Gasteiger partial charge in [0.15, 0.2) is 5.65 Å². The maximum atomic E-state index is 12.9. The normalized spacial score (nSPS) is 13.0. The Hall–Kier alpha value is -2.84. The number of para-hydroxylation sites is 1. The average Bonchev–Trinajstić information content (AvgIpc) is 2.98. The van der Waals surface area contributed by atoms with E-state index in [1.165, 1.54) is 6.07 Å². The molecule has 126 valence electrons. The monoisotopic (exact) mass is 337 g/mol. The van der Waals surface area contributed by atoms with Gasteiger partial charge in [-0.15, -0.1) is 15.3 Å². The quantitative estimate of drug-likeness (QED) is 0.791. The van der Waals surface area contributed by atoms with E-state index < -0.39 is 12.0 Å². The first-order chi connectivity index (χ1) is 11.4. The molecule has 0 bridgehead atoms. The van der Waals surface area contributed by atoms with E-state index in [-0.39, 0.29) is 17.5 Å². The van der Waals surface area contributed by atoms with Crippen molar-refractivity contribution < 1.29 is 17.9 Å². The van der Waals surface area contributed by atoms with Crippen molar-refractivity contribution in [2.24, 2.45) is 0 Å². The number of methoxy groups -OCH3 is 1. The molecule has 0 unspecified atom stereocenters. The Labute approximate surface area is 135 Å². The molecule has 0 fully saturated rings. The number of anilines is 1. The molecule has 0 saturated carbocycles. The van der Waals surface area contributed by atoms with Crippen molar-refractivity contribution in [3.05, 3.63) is 47.8 Å². The van der Waals surface area contributed by atoms with Gasteiger partial charge in [0.25, 0.3) is 5.82 Å². The minimum Gasteiger partial charge on any atom is -0.496 e. The summed E-state index contributed by atoms with van der Waals surface area (Å²) in [5.41, 5.74) is 0.888. The number of hydrogen-bond donors (Lipinski definition) is 1. The number of alkyl halides is 3. The van der Waals surface area contributed by atoms with Gasteiger partial charge in [0, 0.05) is 5.56 Å². The van der Waals surface area contributed by atoms with Crippen LogP contribution in [-0.4, -0.2) is 26.9 Å². The molecular weight excluding hydrogens is 323 g/mol. The lowest BCUT2D eigenvalue weighted by Gasteiger charge is -2.17. The summed E-state index contributed by atoms with van der Waals surface area (Å²) in [6, 6.07) is 10.1. The average molecular weight is 337 g/mol. The first-order valence-electron chi connectivity index (χ1n) is 7.09. The Morgan fingerprint density at radius 3 is 2.58 bits per heavy atom. The topological polar surface area (TPSA) is 64.3 Å². The summed E-state index contributed by atoms with van der Waals surface area (Å²) in [6.07, 6.45) is -4.63. The van der Waals surface area contributed by atoms with E-state index in [4.69, 9.17) is 4.74 Å². The van der Waals surface area contributed by atoms with Crippen LogP contribution in [0.2, 0.25) is 0 Å².